The Bertz CT molecular complexity index is 540. The highest BCUT2D eigenvalue weighted by atomic mass is 16.5. The van der Waals surface area contributed by atoms with Crippen molar-refractivity contribution in [3.05, 3.63) is 54.1 Å². The first-order valence-corrected chi connectivity index (χ1v) is 6.92. The van der Waals surface area contributed by atoms with E-state index >= 15 is 0 Å². The van der Waals surface area contributed by atoms with Crippen molar-refractivity contribution in [1.29, 1.82) is 0 Å². The SMILES string of the molecule is COc1ccc(OCCNCc2cccc(OC)c2)cc1. The summed E-state index contributed by atoms with van der Waals surface area (Å²) in [6.07, 6.45) is 0. The van der Waals surface area contributed by atoms with Gasteiger partial charge in [-0.1, -0.05) is 12.1 Å². The number of methoxy groups -OCH3 is 2. The molecule has 0 aliphatic rings. The molecule has 0 aliphatic heterocycles. The molecule has 0 spiro atoms. The van der Waals surface area contributed by atoms with Crippen molar-refractivity contribution < 1.29 is 14.2 Å². The van der Waals surface area contributed by atoms with E-state index < -0.39 is 0 Å². The van der Waals surface area contributed by atoms with Crippen LogP contribution in [0.2, 0.25) is 0 Å². The Morgan fingerprint density at radius 1 is 0.857 bits per heavy atom. The first kappa shape index (κ1) is 15.2. The minimum Gasteiger partial charge on any atom is -0.497 e. The molecule has 0 aromatic heterocycles. The van der Waals surface area contributed by atoms with Gasteiger partial charge in [0.05, 0.1) is 14.2 Å². The summed E-state index contributed by atoms with van der Waals surface area (Å²) in [5.41, 5.74) is 1.19. The zero-order chi connectivity index (χ0) is 14.9. The van der Waals surface area contributed by atoms with Gasteiger partial charge in [0, 0.05) is 13.1 Å². The standard InChI is InChI=1S/C17H21NO3/c1-19-15-6-8-16(9-7-15)21-11-10-18-13-14-4-3-5-17(12-14)20-2/h3-9,12,18H,10-11,13H2,1-2H3. The van der Waals surface area contributed by atoms with E-state index in [-0.39, 0.29) is 0 Å². The molecule has 0 saturated heterocycles. The first-order valence-electron chi connectivity index (χ1n) is 6.92. The maximum Gasteiger partial charge on any atom is 0.119 e. The van der Waals surface area contributed by atoms with E-state index in [0.29, 0.717) is 6.61 Å². The van der Waals surface area contributed by atoms with Crippen molar-refractivity contribution >= 4 is 0 Å². The summed E-state index contributed by atoms with van der Waals surface area (Å²) in [6, 6.07) is 15.6. The van der Waals surface area contributed by atoms with Crippen LogP contribution in [0, 0.1) is 0 Å². The van der Waals surface area contributed by atoms with Gasteiger partial charge in [0.25, 0.3) is 0 Å². The van der Waals surface area contributed by atoms with Crippen LogP contribution in [0.4, 0.5) is 0 Å². The van der Waals surface area contributed by atoms with Gasteiger partial charge in [0.2, 0.25) is 0 Å². The number of hydrogen-bond acceptors (Lipinski definition) is 4. The summed E-state index contributed by atoms with van der Waals surface area (Å²) in [4.78, 5) is 0. The predicted octanol–water partition coefficient (Wildman–Crippen LogP) is 2.87. The van der Waals surface area contributed by atoms with Gasteiger partial charge in [-0.3, -0.25) is 0 Å². The van der Waals surface area contributed by atoms with Gasteiger partial charge in [-0.25, -0.2) is 0 Å². The zero-order valence-electron chi connectivity index (χ0n) is 12.5. The molecule has 0 heterocycles. The Hall–Kier alpha value is -2.20. The molecule has 0 unspecified atom stereocenters. The molecule has 0 aliphatic carbocycles. The highest BCUT2D eigenvalue weighted by Gasteiger charge is 1.97. The monoisotopic (exact) mass is 287 g/mol. The second-order valence-corrected chi connectivity index (χ2v) is 4.55. The average Bonchev–Trinajstić information content (AvgIpc) is 2.55. The Balaban J connectivity index is 1.67. The molecule has 2 aromatic carbocycles. The molecular weight excluding hydrogens is 266 g/mol. The lowest BCUT2D eigenvalue weighted by Gasteiger charge is -2.09. The quantitative estimate of drug-likeness (QED) is 0.758. The van der Waals surface area contributed by atoms with Crippen LogP contribution in [0.5, 0.6) is 17.2 Å². The van der Waals surface area contributed by atoms with Crippen molar-refractivity contribution in [3.63, 3.8) is 0 Å². The van der Waals surface area contributed by atoms with Gasteiger partial charge in [-0.05, 0) is 42.0 Å². The zero-order valence-corrected chi connectivity index (χ0v) is 12.5. The molecule has 0 fully saturated rings. The van der Waals surface area contributed by atoms with Gasteiger partial charge < -0.3 is 19.5 Å². The van der Waals surface area contributed by atoms with E-state index in [9.17, 15) is 0 Å². The Kier molecular flexibility index (Phi) is 5.91. The fourth-order valence-electron chi connectivity index (χ4n) is 1.93. The van der Waals surface area contributed by atoms with Crippen LogP contribution in [-0.2, 0) is 6.54 Å². The maximum absolute atomic E-state index is 5.65. The van der Waals surface area contributed by atoms with E-state index in [4.69, 9.17) is 14.2 Å². The Labute approximate surface area is 125 Å². The molecule has 2 rings (SSSR count). The molecule has 4 heteroatoms. The highest BCUT2D eigenvalue weighted by Crippen LogP contribution is 2.16. The number of nitrogens with one attached hydrogen (secondary N) is 1. The minimum atomic E-state index is 0.621. The Morgan fingerprint density at radius 3 is 2.29 bits per heavy atom. The van der Waals surface area contributed by atoms with E-state index in [1.807, 2.05) is 42.5 Å². The van der Waals surface area contributed by atoms with Gasteiger partial charge in [-0.15, -0.1) is 0 Å². The normalized spacial score (nSPS) is 10.2. The topological polar surface area (TPSA) is 39.7 Å². The molecular formula is C17H21NO3. The Morgan fingerprint density at radius 2 is 1.57 bits per heavy atom. The molecule has 0 radical (unpaired) electrons. The van der Waals surface area contributed by atoms with E-state index in [1.54, 1.807) is 14.2 Å². The van der Waals surface area contributed by atoms with Crippen LogP contribution in [0.15, 0.2) is 48.5 Å². The van der Waals surface area contributed by atoms with Gasteiger partial charge >= 0.3 is 0 Å². The number of benzene rings is 2. The summed E-state index contributed by atoms with van der Waals surface area (Å²) in [5, 5.41) is 3.34. The van der Waals surface area contributed by atoms with Crippen molar-refractivity contribution in [1.82, 2.24) is 5.32 Å². The smallest absolute Gasteiger partial charge is 0.119 e. The first-order chi connectivity index (χ1) is 10.3. The summed E-state index contributed by atoms with van der Waals surface area (Å²) < 4.78 is 15.9. The van der Waals surface area contributed by atoms with Crippen molar-refractivity contribution in [2.45, 2.75) is 6.54 Å². The van der Waals surface area contributed by atoms with Crippen molar-refractivity contribution in [2.24, 2.45) is 0 Å². The lowest BCUT2D eigenvalue weighted by molar-refractivity contribution is 0.313. The molecule has 2 aromatic rings. The number of ether oxygens (including phenoxy) is 3. The van der Waals surface area contributed by atoms with Crippen LogP contribution in [0.1, 0.15) is 5.56 Å². The molecule has 4 nitrogen and oxygen atoms in total. The fourth-order valence-corrected chi connectivity index (χ4v) is 1.93. The average molecular weight is 287 g/mol. The second-order valence-electron chi connectivity index (χ2n) is 4.55. The summed E-state index contributed by atoms with van der Waals surface area (Å²) in [6.45, 7) is 2.20. The van der Waals surface area contributed by atoms with Gasteiger partial charge in [-0.2, -0.15) is 0 Å². The summed E-state index contributed by atoms with van der Waals surface area (Å²) in [7, 11) is 3.33. The largest absolute Gasteiger partial charge is 0.497 e. The van der Waals surface area contributed by atoms with Gasteiger partial charge in [0.1, 0.15) is 23.9 Å². The summed E-state index contributed by atoms with van der Waals surface area (Å²) in [5.74, 6) is 2.56. The van der Waals surface area contributed by atoms with Gasteiger partial charge in [0.15, 0.2) is 0 Å². The minimum absolute atomic E-state index is 0.621. The number of hydrogen-bond donors (Lipinski definition) is 1. The van der Waals surface area contributed by atoms with Crippen LogP contribution < -0.4 is 19.5 Å². The van der Waals surface area contributed by atoms with Crippen LogP contribution in [0.25, 0.3) is 0 Å². The second kappa shape index (κ2) is 8.17. The molecule has 1 N–H and O–H groups in total. The van der Waals surface area contributed by atoms with Crippen LogP contribution >= 0.6 is 0 Å². The van der Waals surface area contributed by atoms with Crippen LogP contribution in [0.3, 0.4) is 0 Å². The molecule has 112 valence electrons. The van der Waals surface area contributed by atoms with E-state index in [1.165, 1.54) is 5.56 Å². The van der Waals surface area contributed by atoms with Crippen molar-refractivity contribution in [2.75, 3.05) is 27.4 Å². The number of rotatable bonds is 8. The third-order valence-electron chi connectivity index (χ3n) is 3.07. The molecule has 0 saturated carbocycles. The van der Waals surface area contributed by atoms with Crippen LogP contribution in [-0.4, -0.2) is 27.4 Å². The maximum atomic E-state index is 5.65. The third kappa shape index (κ3) is 5.00. The predicted molar refractivity (Wildman–Crippen MR) is 83.2 cm³/mol. The molecule has 0 bridgehead atoms. The summed E-state index contributed by atoms with van der Waals surface area (Å²) >= 11 is 0. The van der Waals surface area contributed by atoms with E-state index in [2.05, 4.69) is 11.4 Å². The fraction of sp³-hybridized carbons (Fsp3) is 0.294. The lowest BCUT2D eigenvalue weighted by atomic mass is 10.2. The molecule has 21 heavy (non-hydrogen) atoms. The third-order valence-corrected chi connectivity index (χ3v) is 3.07. The van der Waals surface area contributed by atoms with Crippen molar-refractivity contribution in [3.8, 4) is 17.2 Å². The molecule has 0 amide bonds. The lowest BCUT2D eigenvalue weighted by Crippen LogP contribution is -2.20. The molecule has 0 atom stereocenters. The van der Waals surface area contributed by atoms with E-state index in [0.717, 1.165) is 30.3 Å². The highest BCUT2D eigenvalue weighted by molar-refractivity contribution is 5.31.